The van der Waals surface area contributed by atoms with Gasteiger partial charge in [0.25, 0.3) is 0 Å². The first-order chi connectivity index (χ1) is 9.68. The van der Waals surface area contributed by atoms with Gasteiger partial charge in [0.2, 0.25) is 0 Å². The van der Waals surface area contributed by atoms with Crippen LogP contribution in [0, 0.1) is 6.92 Å². The van der Waals surface area contributed by atoms with Gasteiger partial charge in [-0.15, -0.1) is 0 Å². The molecule has 0 fully saturated rings. The summed E-state index contributed by atoms with van der Waals surface area (Å²) in [5, 5.41) is 11.7. The summed E-state index contributed by atoms with van der Waals surface area (Å²) in [4.78, 5) is 11.1. The molecule has 112 valence electrons. The van der Waals surface area contributed by atoms with Crippen molar-refractivity contribution in [1.29, 1.82) is 0 Å². The Morgan fingerprint density at radius 2 is 2.05 bits per heavy atom. The van der Waals surface area contributed by atoms with E-state index in [0.29, 0.717) is 0 Å². The highest BCUT2D eigenvalue weighted by Crippen LogP contribution is 2.35. The molecule has 0 amide bonds. The fraction of sp³-hybridized carbons (Fsp3) is 0.167. The van der Waals surface area contributed by atoms with Gasteiger partial charge >= 0.3 is 12.1 Å². The average Bonchev–Trinajstić information content (AvgIpc) is 2.68. The van der Waals surface area contributed by atoms with E-state index >= 15 is 0 Å². The molecule has 0 atom stereocenters. The number of aromatic carboxylic acids is 1. The van der Waals surface area contributed by atoms with Gasteiger partial charge in [-0.25, -0.2) is 4.79 Å². The number of aryl methyl sites for hydroxylation is 1. The van der Waals surface area contributed by atoms with Gasteiger partial charge in [0.15, 0.2) is 0 Å². The molecule has 0 saturated carbocycles. The topological polar surface area (TPSA) is 62.2 Å². The molecule has 0 aliphatic rings. The van der Waals surface area contributed by atoms with E-state index in [1.165, 1.54) is 13.0 Å². The maximum absolute atomic E-state index is 12.7. The second kappa shape index (κ2) is 5.53. The number of anilines is 2. The number of aromatic nitrogens is 1. The zero-order valence-electron chi connectivity index (χ0n) is 10.5. The molecular weight excluding hydrogens is 329 g/mol. The van der Waals surface area contributed by atoms with E-state index in [-0.39, 0.29) is 27.0 Å². The van der Waals surface area contributed by atoms with Crippen LogP contribution in [-0.4, -0.2) is 15.4 Å². The maximum Gasteiger partial charge on any atom is 0.416 e. The van der Waals surface area contributed by atoms with Gasteiger partial charge in [0.1, 0.15) is 10.6 Å². The molecule has 1 heterocycles. The Morgan fingerprint density at radius 3 is 2.62 bits per heavy atom. The fourth-order valence-electron chi connectivity index (χ4n) is 1.66. The van der Waals surface area contributed by atoms with E-state index in [0.717, 1.165) is 23.7 Å². The van der Waals surface area contributed by atoms with Crippen molar-refractivity contribution in [3.05, 3.63) is 40.0 Å². The molecule has 21 heavy (non-hydrogen) atoms. The number of nitrogens with zero attached hydrogens (tertiary/aromatic N) is 1. The van der Waals surface area contributed by atoms with Gasteiger partial charge in [0, 0.05) is 10.7 Å². The van der Waals surface area contributed by atoms with Crippen LogP contribution >= 0.6 is 23.1 Å². The maximum atomic E-state index is 12.7. The molecule has 0 aliphatic heterocycles. The van der Waals surface area contributed by atoms with Gasteiger partial charge in [-0.2, -0.15) is 17.5 Å². The van der Waals surface area contributed by atoms with Gasteiger partial charge < -0.3 is 10.4 Å². The first-order valence-electron chi connectivity index (χ1n) is 5.53. The normalized spacial score (nSPS) is 11.5. The molecule has 2 rings (SSSR count). The molecule has 0 unspecified atom stereocenters. The zero-order chi connectivity index (χ0) is 15.8. The van der Waals surface area contributed by atoms with Crippen LogP contribution in [0.2, 0.25) is 5.02 Å². The highest BCUT2D eigenvalue weighted by atomic mass is 35.5. The van der Waals surface area contributed by atoms with Gasteiger partial charge in [0.05, 0.1) is 11.3 Å². The Hall–Kier alpha value is -1.80. The molecule has 9 heteroatoms. The Balaban J connectivity index is 2.41. The first kappa shape index (κ1) is 15.6. The number of nitrogens with one attached hydrogen (secondary N) is 1. The van der Waals surface area contributed by atoms with Crippen LogP contribution in [0.4, 0.5) is 23.9 Å². The summed E-state index contributed by atoms with van der Waals surface area (Å²) in [5.41, 5.74) is -0.668. The predicted molar refractivity (Wildman–Crippen MR) is 73.5 cm³/mol. The summed E-state index contributed by atoms with van der Waals surface area (Å²) in [6.07, 6.45) is -4.54. The lowest BCUT2D eigenvalue weighted by Gasteiger charge is -2.11. The smallest absolute Gasteiger partial charge is 0.416 e. The van der Waals surface area contributed by atoms with E-state index in [4.69, 9.17) is 16.7 Å². The minimum Gasteiger partial charge on any atom is -0.478 e. The van der Waals surface area contributed by atoms with Crippen LogP contribution in [0.5, 0.6) is 0 Å². The quantitative estimate of drug-likeness (QED) is 0.862. The summed E-state index contributed by atoms with van der Waals surface area (Å²) in [5.74, 6) is -1.21. The third-order valence-electron chi connectivity index (χ3n) is 2.56. The second-order valence-corrected chi connectivity index (χ2v) is 5.34. The highest BCUT2D eigenvalue weighted by Gasteiger charge is 2.31. The number of hydrogen-bond acceptors (Lipinski definition) is 4. The lowest BCUT2D eigenvalue weighted by molar-refractivity contribution is -0.137. The van der Waals surface area contributed by atoms with Gasteiger partial charge in [-0.05, 0) is 36.7 Å². The second-order valence-electron chi connectivity index (χ2n) is 4.13. The third-order valence-corrected chi connectivity index (χ3v) is 3.63. The van der Waals surface area contributed by atoms with Crippen molar-refractivity contribution in [3.8, 4) is 0 Å². The molecule has 0 spiro atoms. The van der Waals surface area contributed by atoms with E-state index < -0.39 is 17.7 Å². The number of benzene rings is 1. The van der Waals surface area contributed by atoms with Crippen LogP contribution < -0.4 is 5.32 Å². The van der Waals surface area contributed by atoms with Crippen molar-refractivity contribution in [3.63, 3.8) is 0 Å². The van der Waals surface area contributed by atoms with E-state index in [1.807, 2.05) is 0 Å². The minimum absolute atomic E-state index is 0.0426. The summed E-state index contributed by atoms with van der Waals surface area (Å²) < 4.78 is 42.0. The monoisotopic (exact) mass is 336 g/mol. The van der Waals surface area contributed by atoms with E-state index in [2.05, 4.69) is 9.69 Å². The van der Waals surface area contributed by atoms with Crippen molar-refractivity contribution in [1.82, 2.24) is 4.37 Å². The van der Waals surface area contributed by atoms with Gasteiger partial charge in [-0.3, -0.25) is 0 Å². The SMILES string of the molecule is Cc1nsc(Nc2cc(Cl)cc(C(F)(F)F)c2)c1C(=O)O. The number of hydrogen-bond donors (Lipinski definition) is 2. The van der Waals surface area contributed by atoms with Crippen LogP contribution in [0.25, 0.3) is 0 Å². The Kier molecular flexibility index (Phi) is 4.11. The summed E-state index contributed by atoms with van der Waals surface area (Å²) in [6.45, 7) is 1.50. The molecule has 1 aromatic carbocycles. The summed E-state index contributed by atoms with van der Waals surface area (Å²) in [7, 11) is 0. The molecular formula is C12H8ClF3N2O2S. The molecule has 0 bridgehead atoms. The fourth-order valence-corrected chi connectivity index (χ4v) is 2.71. The molecule has 0 saturated heterocycles. The zero-order valence-corrected chi connectivity index (χ0v) is 12.0. The van der Waals surface area contributed by atoms with Crippen LogP contribution in [0.3, 0.4) is 0 Å². The first-order valence-corrected chi connectivity index (χ1v) is 6.68. The van der Waals surface area contributed by atoms with Crippen LogP contribution in [-0.2, 0) is 6.18 Å². The Bertz CT molecular complexity index is 700. The van der Waals surface area contributed by atoms with Gasteiger partial charge in [-0.1, -0.05) is 11.6 Å². The number of carboxylic acids is 1. The van der Waals surface area contributed by atoms with Crippen LogP contribution in [0.15, 0.2) is 18.2 Å². The molecule has 2 aromatic rings. The Morgan fingerprint density at radius 1 is 1.38 bits per heavy atom. The highest BCUT2D eigenvalue weighted by molar-refractivity contribution is 7.10. The van der Waals surface area contributed by atoms with Crippen LogP contribution in [0.1, 0.15) is 21.6 Å². The summed E-state index contributed by atoms with van der Waals surface area (Å²) >= 11 is 6.51. The lowest BCUT2D eigenvalue weighted by Crippen LogP contribution is -2.06. The average molecular weight is 337 g/mol. The number of halogens is 4. The van der Waals surface area contributed by atoms with Crippen molar-refractivity contribution < 1.29 is 23.1 Å². The number of carbonyl (C=O) groups is 1. The van der Waals surface area contributed by atoms with Crippen molar-refractivity contribution in [2.24, 2.45) is 0 Å². The van der Waals surface area contributed by atoms with Crippen molar-refractivity contribution in [2.75, 3.05) is 5.32 Å². The number of carboxylic acid groups (broad SMARTS) is 1. The minimum atomic E-state index is -4.54. The van der Waals surface area contributed by atoms with Crippen molar-refractivity contribution in [2.45, 2.75) is 13.1 Å². The lowest BCUT2D eigenvalue weighted by atomic mass is 10.2. The largest absolute Gasteiger partial charge is 0.478 e. The molecule has 0 aliphatic carbocycles. The Labute approximate surface area is 126 Å². The number of rotatable bonds is 3. The summed E-state index contributed by atoms with van der Waals surface area (Å²) in [6, 6.07) is 2.92. The van der Waals surface area contributed by atoms with E-state index in [9.17, 15) is 18.0 Å². The molecule has 1 aromatic heterocycles. The molecule has 2 N–H and O–H groups in total. The van der Waals surface area contributed by atoms with Crippen molar-refractivity contribution >= 4 is 39.8 Å². The number of alkyl halides is 3. The third kappa shape index (κ3) is 3.45. The van der Waals surface area contributed by atoms with E-state index in [1.54, 1.807) is 0 Å². The predicted octanol–water partition coefficient (Wildman–Crippen LogP) is 4.57. The molecule has 0 radical (unpaired) electrons. The standard InChI is InChI=1S/C12H8ClF3N2O2S/c1-5-9(11(19)20)10(21-18-5)17-8-3-6(12(14,15)16)2-7(13)4-8/h2-4,17H,1H3,(H,19,20). The molecule has 4 nitrogen and oxygen atoms in total.